The van der Waals surface area contributed by atoms with Gasteiger partial charge >= 0.3 is 0 Å². The quantitative estimate of drug-likeness (QED) is 0.526. The minimum Gasteiger partial charge on any atom is -0.486 e. The van der Waals surface area contributed by atoms with Crippen LogP contribution < -0.4 is 10.1 Å². The van der Waals surface area contributed by atoms with Crippen molar-refractivity contribution < 1.29 is 24.5 Å². The summed E-state index contributed by atoms with van der Waals surface area (Å²) in [6.45, 7) is 4.43. The smallest absolute Gasteiger partial charge is 0.247 e. The highest BCUT2D eigenvalue weighted by molar-refractivity contribution is 5.96. The lowest BCUT2D eigenvalue weighted by atomic mass is 9.49. The van der Waals surface area contributed by atoms with Crippen LogP contribution in [0.15, 0.2) is 35.9 Å². The van der Waals surface area contributed by atoms with E-state index in [9.17, 15) is 19.8 Å². The number of nitrogens with zero attached hydrogens (tertiary/aromatic N) is 1. The molecule has 4 saturated carbocycles. The lowest BCUT2D eigenvalue weighted by Gasteiger charge is -2.58. The van der Waals surface area contributed by atoms with Crippen LogP contribution in [0.2, 0.25) is 0 Å². The van der Waals surface area contributed by atoms with Gasteiger partial charge in [-0.3, -0.25) is 9.59 Å². The molecule has 0 aromatic heterocycles. The molecule has 5 aliphatic carbocycles. The van der Waals surface area contributed by atoms with Gasteiger partial charge in [0.2, 0.25) is 11.8 Å². The van der Waals surface area contributed by atoms with Gasteiger partial charge in [-0.05, 0) is 73.8 Å². The molecular formula is C30H40N2O5. The average molecular weight is 509 g/mol. The number of carbonyl (C=O) groups is 2. The lowest BCUT2D eigenvalue weighted by molar-refractivity contribution is -0.148. The molecule has 7 heteroatoms. The van der Waals surface area contributed by atoms with Gasteiger partial charge in [0, 0.05) is 30.1 Å². The molecule has 4 bridgehead atoms. The molecule has 0 spiro atoms. The van der Waals surface area contributed by atoms with Crippen LogP contribution in [0.5, 0.6) is 5.75 Å². The predicted octanol–water partition coefficient (Wildman–Crippen LogP) is 3.01. The van der Waals surface area contributed by atoms with E-state index in [0.717, 1.165) is 42.6 Å². The number of para-hydroxylation sites is 1. The monoisotopic (exact) mass is 508 g/mol. The van der Waals surface area contributed by atoms with Crippen molar-refractivity contribution in [1.82, 2.24) is 10.2 Å². The van der Waals surface area contributed by atoms with Crippen LogP contribution >= 0.6 is 0 Å². The van der Waals surface area contributed by atoms with Crippen LogP contribution in [-0.4, -0.2) is 64.9 Å². The molecule has 4 atom stereocenters. The Bertz CT molecular complexity index is 1060. The first-order valence-electron chi connectivity index (χ1n) is 14.1. The Labute approximate surface area is 219 Å². The zero-order valence-corrected chi connectivity index (χ0v) is 21.9. The Morgan fingerprint density at radius 2 is 1.76 bits per heavy atom. The molecule has 1 heterocycles. The Morgan fingerprint density at radius 3 is 2.38 bits per heavy atom. The highest BCUT2D eigenvalue weighted by Crippen LogP contribution is 2.60. The number of aliphatic hydroxyl groups is 2. The number of hydrogen-bond acceptors (Lipinski definition) is 5. The highest BCUT2D eigenvalue weighted by Gasteiger charge is 2.55. The molecular weight excluding hydrogens is 468 g/mol. The van der Waals surface area contributed by atoms with Gasteiger partial charge in [0.25, 0.3) is 0 Å². The van der Waals surface area contributed by atoms with Gasteiger partial charge < -0.3 is 25.2 Å². The summed E-state index contributed by atoms with van der Waals surface area (Å²) in [6.07, 6.45) is 7.67. The number of hydrogen-bond donors (Lipinski definition) is 3. The highest BCUT2D eigenvalue weighted by atomic mass is 16.5. The van der Waals surface area contributed by atoms with E-state index in [1.807, 2.05) is 49.1 Å². The first-order chi connectivity index (χ1) is 17.8. The third-order valence-electron chi connectivity index (χ3n) is 9.68. The normalized spacial score (nSPS) is 37.0. The zero-order valence-electron chi connectivity index (χ0n) is 21.9. The molecule has 7 nitrogen and oxygen atoms in total. The van der Waals surface area contributed by atoms with Gasteiger partial charge in [0.05, 0.1) is 18.6 Å². The number of amides is 2. The van der Waals surface area contributed by atoms with E-state index in [0.29, 0.717) is 17.9 Å². The first kappa shape index (κ1) is 24.9. The van der Waals surface area contributed by atoms with Crippen LogP contribution in [0.3, 0.4) is 0 Å². The molecule has 1 aromatic rings. The van der Waals surface area contributed by atoms with Gasteiger partial charge in [0.15, 0.2) is 0 Å². The molecule has 200 valence electrons. The zero-order chi connectivity index (χ0) is 25.9. The molecule has 0 radical (unpaired) electrons. The van der Waals surface area contributed by atoms with Crippen molar-refractivity contribution in [2.24, 2.45) is 29.1 Å². The molecule has 37 heavy (non-hydrogen) atoms. The van der Waals surface area contributed by atoms with Gasteiger partial charge in [-0.1, -0.05) is 32.0 Å². The standard InChI is InChI=1S/C30H40N2O5/c1-17(2)29(36)32(16-30-13-18-9-19(14-30)11-20(10-18)15-30)23-12-22(28(35)31-7-8-33)25-21-5-3-4-6-24(21)37-27(25)26(23)34/h3-6,12,17-20,23,25-27,33-34H,7-11,13-16H2,1-2H3,(H,31,35). The molecule has 2 amide bonds. The minimum atomic E-state index is -0.955. The summed E-state index contributed by atoms with van der Waals surface area (Å²) in [5, 5.41) is 23.9. The molecule has 1 aromatic carbocycles. The average Bonchev–Trinajstić information content (AvgIpc) is 3.25. The Morgan fingerprint density at radius 1 is 1.11 bits per heavy atom. The van der Waals surface area contributed by atoms with Crippen molar-refractivity contribution in [1.29, 1.82) is 0 Å². The fourth-order valence-corrected chi connectivity index (χ4v) is 8.70. The number of aliphatic hydroxyl groups excluding tert-OH is 2. The van der Waals surface area contributed by atoms with Crippen molar-refractivity contribution in [3.63, 3.8) is 0 Å². The Hall–Kier alpha value is -2.38. The number of ether oxygens (including phenoxy) is 1. The van der Waals surface area contributed by atoms with Gasteiger partial charge in [0.1, 0.15) is 18.0 Å². The van der Waals surface area contributed by atoms with Gasteiger partial charge in [-0.15, -0.1) is 0 Å². The number of benzene rings is 1. The maximum absolute atomic E-state index is 13.8. The lowest BCUT2D eigenvalue weighted by Crippen LogP contribution is -2.60. The summed E-state index contributed by atoms with van der Waals surface area (Å²) in [4.78, 5) is 29.0. The summed E-state index contributed by atoms with van der Waals surface area (Å²) in [5.41, 5.74) is 1.48. The number of fused-ring (bicyclic) bond motifs is 3. The second kappa shape index (κ2) is 9.42. The van der Waals surface area contributed by atoms with Crippen LogP contribution in [0.4, 0.5) is 0 Å². The molecule has 4 fully saturated rings. The van der Waals surface area contributed by atoms with E-state index in [1.165, 1.54) is 19.3 Å². The predicted molar refractivity (Wildman–Crippen MR) is 139 cm³/mol. The van der Waals surface area contributed by atoms with E-state index >= 15 is 0 Å². The van der Waals surface area contributed by atoms with E-state index in [1.54, 1.807) is 0 Å². The van der Waals surface area contributed by atoms with Gasteiger partial charge in [-0.2, -0.15) is 0 Å². The molecule has 1 aliphatic heterocycles. The summed E-state index contributed by atoms with van der Waals surface area (Å²) in [6, 6.07) is 6.95. The maximum Gasteiger partial charge on any atom is 0.247 e. The fraction of sp³-hybridized carbons (Fsp3) is 0.667. The second-order valence-corrected chi connectivity index (χ2v) is 12.7. The first-order valence-corrected chi connectivity index (χ1v) is 14.1. The largest absolute Gasteiger partial charge is 0.486 e. The summed E-state index contributed by atoms with van der Waals surface area (Å²) in [5.74, 6) is 2.02. The Kier molecular flexibility index (Phi) is 6.35. The fourth-order valence-electron chi connectivity index (χ4n) is 8.70. The second-order valence-electron chi connectivity index (χ2n) is 12.7. The van der Waals surface area contributed by atoms with Crippen molar-refractivity contribution in [3.05, 3.63) is 41.5 Å². The van der Waals surface area contributed by atoms with E-state index < -0.39 is 24.2 Å². The summed E-state index contributed by atoms with van der Waals surface area (Å²) >= 11 is 0. The van der Waals surface area contributed by atoms with E-state index in [2.05, 4.69) is 5.32 Å². The minimum absolute atomic E-state index is 0.0140. The molecule has 3 N–H and O–H groups in total. The van der Waals surface area contributed by atoms with Crippen molar-refractivity contribution >= 4 is 11.8 Å². The van der Waals surface area contributed by atoms with Crippen LogP contribution in [-0.2, 0) is 9.59 Å². The SMILES string of the molecule is CC(C)C(=O)N(CC12CC3CC(CC(C3)C1)C2)C1C=C(C(=O)NCCO)C2c3ccccc3OC2C1O. The van der Waals surface area contributed by atoms with Crippen LogP contribution in [0.25, 0.3) is 0 Å². The van der Waals surface area contributed by atoms with Gasteiger partial charge in [-0.25, -0.2) is 0 Å². The maximum atomic E-state index is 13.8. The topological polar surface area (TPSA) is 99.1 Å². The number of rotatable bonds is 7. The number of carbonyl (C=O) groups excluding carboxylic acids is 2. The van der Waals surface area contributed by atoms with E-state index in [-0.39, 0.29) is 36.3 Å². The molecule has 6 aliphatic rings. The van der Waals surface area contributed by atoms with Crippen LogP contribution in [0.1, 0.15) is 63.9 Å². The summed E-state index contributed by atoms with van der Waals surface area (Å²) < 4.78 is 6.26. The third-order valence-corrected chi connectivity index (χ3v) is 9.68. The number of nitrogens with one attached hydrogen (secondary N) is 1. The molecule has 7 rings (SSSR count). The van der Waals surface area contributed by atoms with Crippen LogP contribution in [0, 0.1) is 29.1 Å². The Balaban J connectivity index is 1.38. The summed E-state index contributed by atoms with van der Waals surface area (Å²) in [7, 11) is 0. The van der Waals surface area contributed by atoms with Crippen molar-refractivity contribution in [2.45, 2.75) is 76.5 Å². The van der Waals surface area contributed by atoms with Crippen molar-refractivity contribution in [2.75, 3.05) is 19.7 Å². The van der Waals surface area contributed by atoms with Crippen molar-refractivity contribution in [3.8, 4) is 5.75 Å². The van der Waals surface area contributed by atoms with E-state index in [4.69, 9.17) is 4.74 Å². The molecule has 4 unspecified atom stereocenters. The molecule has 0 saturated heterocycles. The third kappa shape index (κ3) is 4.28.